The minimum atomic E-state index is -1.90. The minimum absolute atomic E-state index is 0.199. The summed E-state index contributed by atoms with van der Waals surface area (Å²) >= 11 is 0. The number of ether oxygens (including phenoxy) is 2. The number of rotatable bonds is 5. The Morgan fingerprint density at radius 3 is 2.84 bits per heavy atom. The van der Waals surface area contributed by atoms with Crippen LogP contribution in [-0.2, 0) is 19.9 Å². The molecule has 0 amide bonds. The lowest BCUT2D eigenvalue weighted by Crippen LogP contribution is -2.41. The van der Waals surface area contributed by atoms with Gasteiger partial charge in [0.25, 0.3) is 0 Å². The Labute approximate surface area is 179 Å². The van der Waals surface area contributed by atoms with Gasteiger partial charge in [0.2, 0.25) is 5.60 Å². The van der Waals surface area contributed by atoms with Crippen molar-refractivity contribution in [2.75, 3.05) is 12.3 Å². The molecule has 1 aliphatic heterocycles. The van der Waals surface area contributed by atoms with Gasteiger partial charge in [-0.3, -0.25) is 4.79 Å². The Morgan fingerprint density at radius 2 is 2.13 bits per heavy atom. The van der Waals surface area contributed by atoms with Gasteiger partial charge in [-0.15, -0.1) is 0 Å². The number of nitrogen functional groups attached to an aromatic ring is 1. The fraction of sp³-hybridized carbons (Fsp3) is 0.619. The molecule has 0 unspecified atom stereocenters. The molecule has 1 saturated heterocycles. The van der Waals surface area contributed by atoms with Crippen molar-refractivity contribution in [1.29, 1.82) is 5.26 Å². The molecule has 31 heavy (non-hydrogen) atoms. The zero-order chi connectivity index (χ0) is 22.2. The standard InChI is InChI=1S/C21H27N5O5/c1-12-2-4-13(5-3-12)8-17(27)30-9-15-18(28)19(29)21(10-22,31-15)16-7-6-14-20(23)24-11-25-26(14)16/h6-7,11-13,15,18-19,28-29H,2-5,8-9H2,1H3,(H2,23,24,25)/t12-,13-,15-,18-,19-,21+/m1/s1. The van der Waals surface area contributed by atoms with Crippen LogP contribution in [0.3, 0.4) is 0 Å². The molecule has 1 saturated carbocycles. The van der Waals surface area contributed by atoms with Crippen molar-refractivity contribution in [3.8, 4) is 6.07 Å². The van der Waals surface area contributed by atoms with E-state index in [0.29, 0.717) is 23.8 Å². The van der Waals surface area contributed by atoms with E-state index in [1.165, 1.54) is 16.9 Å². The number of nitrogens with two attached hydrogens (primary N) is 1. The highest BCUT2D eigenvalue weighted by Gasteiger charge is 2.57. The largest absolute Gasteiger partial charge is 0.463 e. The SMILES string of the molecule is C[C@H]1CC[C@H](CC(=O)OC[C@H]2O[C@@](C#N)(c3ccc4c(N)ncnn34)[C@H](O)[C@@H]2O)CC1. The third kappa shape index (κ3) is 3.84. The lowest BCUT2D eigenvalue weighted by atomic mass is 9.81. The van der Waals surface area contributed by atoms with Crippen LogP contribution in [0.4, 0.5) is 5.82 Å². The van der Waals surface area contributed by atoms with Gasteiger partial charge in [0.1, 0.15) is 42.8 Å². The number of fused-ring (bicyclic) bond motifs is 1. The molecule has 2 fully saturated rings. The molecule has 0 aromatic carbocycles. The Balaban J connectivity index is 1.46. The van der Waals surface area contributed by atoms with Crippen LogP contribution in [0.2, 0.25) is 0 Å². The van der Waals surface area contributed by atoms with E-state index in [1.807, 2.05) is 6.07 Å². The van der Waals surface area contributed by atoms with Crippen LogP contribution in [0.5, 0.6) is 0 Å². The molecular weight excluding hydrogens is 402 g/mol. The number of aromatic nitrogens is 3. The minimum Gasteiger partial charge on any atom is -0.463 e. The average Bonchev–Trinajstić information content (AvgIpc) is 3.30. The maximum Gasteiger partial charge on any atom is 0.306 e. The number of carbonyl (C=O) groups excluding carboxylic acids is 1. The second kappa shape index (κ2) is 8.42. The third-order valence-corrected chi connectivity index (χ3v) is 6.49. The molecule has 2 aromatic heterocycles. The number of hydrogen-bond donors (Lipinski definition) is 3. The van der Waals surface area contributed by atoms with E-state index in [4.69, 9.17) is 15.2 Å². The molecule has 0 bridgehead atoms. The molecule has 4 rings (SSSR count). The van der Waals surface area contributed by atoms with Crippen LogP contribution < -0.4 is 5.73 Å². The highest BCUT2D eigenvalue weighted by molar-refractivity contribution is 5.69. The highest BCUT2D eigenvalue weighted by atomic mass is 16.6. The monoisotopic (exact) mass is 429 g/mol. The van der Waals surface area contributed by atoms with Gasteiger partial charge in [-0.25, -0.2) is 9.50 Å². The van der Waals surface area contributed by atoms with Gasteiger partial charge in [-0.2, -0.15) is 10.4 Å². The van der Waals surface area contributed by atoms with Crippen LogP contribution in [0, 0.1) is 23.2 Å². The van der Waals surface area contributed by atoms with E-state index in [9.17, 15) is 20.3 Å². The summed E-state index contributed by atoms with van der Waals surface area (Å²) in [6.45, 7) is 1.96. The summed E-state index contributed by atoms with van der Waals surface area (Å²) in [7, 11) is 0. The van der Waals surface area contributed by atoms with Crippen molar-refractivity contribution in [3.05, 3.63) is 24.2 Å². The molecule has 10 nitrogen and oxygen atoms in total. The number of hydrogen-bond acceptors (Lipinski definition) is 9. The van der Waals surface area contributed by atoms with E-state index in [1.54, 1.807) is 6.07 Å². The number of nitriles is 1. The van der Waals surface area contributed by atoms with Crippen LogP contribution in [0.1, 0.15) is 44.7 Å². The van der Waals surface area contributed by atoms with E-state index >= 15 is 0 Å². The molecule has 3 heterocycles. The number of anilines is 1. The topological polar surface area (TPSA) is 156 Å². The third-order valence-electron chi connectivity index (χ3n) is 6.49. The molecule has 4 N–H and O–H groups in total. The summed E-state index contributed by atoms with van der Waals surface area (Å²) in [5, 5.41) is 35.2. The average molecular weight is 429 g/mol. The maximum absolute atomic E-state index is 12.3. The first-order valence-electron chi connectivity index (χ1n) is 10.5. The van der Waals surface area contributed by atoms with Gasteiger partial charge < -0.3 is 25.4 Å². The molecule has 4 atom stereocenters. The van der Waals surface area contributed by atoms with Crippen molar-refractivity contribution < 1.29 is 24.5 Å². The lowest BCUT2D eigenvalue weighted by molar-refractivity contribution is -0.152. The van der Waals surface area contributed by atoms with Crippen molar-refractivity contribution in [3.63, 3.8) is 0 Å². The van der Waals surface area contributed by atoms with Crippen LogP contribution in [0.25, 0.3) is 5.52 Å². The fourth-order valence-corrected chi connectivity index (χ4v) is 4.55. The summed E-state index contributed by atoms with van der Waals surface area (Å²) in [5.41, 5.74) is 4.59. The maximum atomic E-state index is 12.3. The number of aliphatic hydroxyl groups is 2. The Kier molecular flexibility index (Phi) is 5.83. The van der Waals surface area contributed by atoms with Gasteiger partial charge in [0, 0.05) is 6.42 Å². The van der Waals surface area contributed by atoms with Gasteiger partial charge in [-0.1, -0.05) is 19.8 Å². The van der Waals surface area contributed by atoms with E-state index in [2.05, 4.69) is 17.0 Å². The van der Waals surface area contributed by atoms with E-state index in [0.717, 1.165) is 25.7 Å². The molecule has 0 radical (unpaired) electrons. The number of carbonyl (C=O) groups is 1. The van der Waals surface area contributed by atoms with E-state index < -0.39 is 23.9 Å². The second-order valence-corrected chi connectivity index (χ2v) is 8.61. The number of aliphatic hydroxyl groups excluding tert-OH is 2. The molecule has 2 aromatic rings. The van der Waals surface area contributed by atoms with Crippen LogP contribution in [-0.4, -0.2) is 55.7 Å². The summed E-state index contributed by atoms with van der Waals surface area (Å²) in [5.74, 6) is 0.831. The van der Waals surface area contributed by atoms with Crippen molar-refractivity contribution >= 4 is 17.3 Å². The molecule has 166 valence electrons. The second-order valence-electron chi connectivity index (χ2n) is 8.61. The predicted octanol–water partition coefficient (Wildman–Crippen LogP) is 0.911. The fourth-order valence-electron chi connectivity index (χ4n) is 4.55. The van der Waals surface area contributed by atoms with Gasteiger partial charge in [-0.05, 0) is 36.8 Å². The first kappa shape index (κ1) is 21.5. The number of nitrogens with zero attached hydrogens (tertiary/aromatic N) is 4. The highest BCUT2D eigenvalue weighted by Crippen LogP contribution is 2.40. The van der Waals surface area contributed by atoms with Gasteiger partial charge in [0.05, 0.1) is 5.69 Å². The van der Waals surface area contributed by atoms with Crippen LogP contribution >= 0.6 is 0 Å². The predicted molar refractivity (Wildman–Crippen MR) is 108 cm³/mol. The molecule has 10 heteroatoms. The normalized spacial score (nSPS) is 33.3. The molecular formula is C21H27N5O5. The van der Waals surface area contributed by atoms with Crippen molar-refractivity contribution in [1.82, 2.24) is 14.6 Å². The van der Waals surface area contributed by atoms with Crippen molar-refractivity contribution in [2.24, 2.45) is 11.8 Å². The van der Waals surface area contributed by atoms with Crippen molar-refractivity contribution in [2.45, 2.75) is 62.9 Å². The molecule has 0 spiro atoms. The summed E-state index contributed by atoms with van der Waals surface area (Å²) in [4.78, 5) is 16.2. The van der Waals surface area contributed by atoms with Gasteiger partial charge >= 0.3 is 5.97 Å². The number of esters is 1. The summed E-state index contributed by atoms with van der Waals surface area (Å²) < 4.78 is 12.5. The summed E-state index contributed by atoms with van der Waals surface area (Å²) in [6, 6.07) is 5.11. The first-order valence-corrected chi connectivity index (χ1v) is 10.5. The Bertz CT molecular complexity index is 996. The molecule has 2 aliphatic rings. The van der Waals surface area contributed by atoms with Crippen LogP contribution in [0.15, 0.2) is 18.5 Å². The Morgan fingerprint density at radius 1 is 1.39 bits per heavy atom. The summed E-state index contributed by atoms with van der Waals surface area (Å²) in [6.07, 6.45) is 1.71. The lowest BCUT2D eigenvalue weighted by Gasteiger charge is -2.25. The zero-order valence-electron chi connectivity index (χ0n) is 17.3. The van der Waals surface area contributed by atoms with Gasteiger partial charge in [0.15, 0.2) is 5.82 Å². The first-order chi connectivity index (χ1) is 14.9. The molecule has 1 aliphatic carbocycles. The smallest absolute Gasteiger partial charge is 0.306 e. The quantitative estimate of drug-likeness (QED) is 0.588. The zero-order valence-corrected chi connectivity index (χ0v) is 17.3. The Hall–Kier alpha value is -2.74. The van der Waals surface area contributed by atoms with E-state index in [-0.39, 0.29) is 24.1 Å².